The highest BCUT2D eigenvalue weighted by atomic mass is 32.2. The van der Waals surface area contributed by atoms with Gasteiger partial charge in [0.1, 0.15) is 0 Å². The standard InChI is InChI=1S/C25H29N3O7S/c1-32-12-10-27(24(29)20-8-9-22-23(14-20)35-18-34-22)16-21-15-26-25(28(21)11-13-33-2)36(30,31)17-19-6-4-3-5-7-19/h3-9,14-15H,10-13,16-18H2,1-2H3. The zero-order chi connectivity index (χ0) is 25.5. The Bertz CT molecular complexity index is 1290. The van der Waals surface area contributed by atoms with Crippen molar-refractivity contribution in [2.24, 2.45) is 0 Å². The lowest BCUT2D eigenvalue weighted by molar-refractivity contribution is 0.0674. The zero-order valence-electron chi connectivity index (χ0n) is 20.3. The Morgan fingerprint density at radius 3 is 2.56 bits per heavy atom. The van der Waals surface area contributed by atoms with Crippen LogP contribution in [0.3, 0.4) is 0 Å². The van der Waals surface area contributed by atoms with E-state index in [1.165, 1.54) is 6.20 Å². The van der Waals surface area contributed by atoms with Gasteiger partial charge in [0.15, 0.2) is 11.5 Å². The van der Waals surface area contributed by atoms with Crippen LogP contribution in [0.25, 0.3) is 0 Å². The summed E-state index contributed by atoms with van der Waals surface area (Å²) in [5.41, 5.74) is 1.67. The Labute approximate surface area is 210 Å². The molecule has 0 atom stereocenters. The van der Waals surface area contributed by atoms with Crippen LogP contribution in [-0.4, -0.2) is 69.5 Å². The summed E-state index contributed by atoms with van der Waals surface area (Å²) in [4.78, 5) is 19.3. The van der Waals surface area contributed by atoms with E-state index in [0.717, 1.165) is 0 Å². The molecule has 0 aliphatic carbocycles. The number of imidazole rings is 1. The van der Waals surface area contributed by atoms with Gasteiger partial charge in [0.25, 0.3) is 5.91 Å². The molecule has 3 aromatic rings. The van der Waals surface area contributed by atoms with Crippen molar-refractivity contribution in [3.05, 3.63) is 71.5 Å². The molecule has 2 aromatic carbocycles. The number of carbonyl (C=O) groups is 1. The topological polar surface area (TPSA) is 109 Å². The first kappa shape index (κ1) is 25.7. The first-order chi connectivity index (χ1) is 17.4. The van der Waals surface area contributed by atoms with Crippen molar-refractivity contribution in [1.29, 1.82) is 0 Å². The van der Waals surface area contributed by atoms with Gasteiger partial charge in [0, 0.05) is 32.9 Å². The molecule has 11 heteroatoms. The molecular formula is C25H29N3O7S. The number of hydrogen-bond acceptors (Lipinski definition) is 8. The maximum Gasteiger partial charge on any atom is 0.254 e. The van der Waals surface area contributed by atoms with Gasteiger partial charge in [0.05, 0.1) is 37.4 Å². The average molecular weight is 516 g/mol. The van der Waals surface area contributed by atoms with Crippen molar-refractivity contribution in [3.63, 3.8) is 0 Å². The van der Waals surface area contributed by atoms with Crippen molar-refractivity contribution in [1.82, 2.24) is 14.5 Å². The van der Waals surface area contributed by atoms with E-state index in [0.29, 0.717) is 41.5 Å². The smallest absolute Gasteiger partial charge is 0.254 e. The first-order valence-corrected chi connectivity index (χ1v) is 13.1. The fraction of sp³-hybridized carbons (Fsp3) is 0.360. The fourth-order valence-corrected chi connectivity index (χ4v) is 5.43. The molecule has 1 aromatic heterocycles. The van der Waals surface area contributed by atoms with Crippen LogP contribution < -0.4 is 9.47 Å². The van der Waals surface area contributed by atoms with Crippen molar-refractivity contribution in [2.45, 2.75) is 24.0 Å². The third kappa shape index (κ3) is 5.86. The molecule has 1 aliphatic rings. The van der Waals surface area contributed by atoms with Crippen LogP contribution in [0.4, 0.5) is 0 Å². The summed E-state index contributed by atoms with van der Waals surface area (Å²) in [6.07, 6.45) is 1.50. The molecule has 4 rings (SSSR count). The summed E-state index contributed by atoms with van der Waals surface area (Å²) < 4.78 is 49.3. The summed E-state index contributed by atoms with van der Waals surface area (Å²) in [7, 11) is -0.647. The van der Waals surface area contributed by atoms with Crippen LogP contribution in [0.2, 0.25) is 0 Å². The number of nitrogens with zero attached hydrogens (tertiary/aromatic N) is 3. The summed E-state index contributed by atoms with van der Waals surface area (Å²) >= 11 is 0. The Kier molecular flexibility index (Phi) is 8.24. The maximum atomic E-state index is 13.4. The summed E-state index contributed by atoms with van der Waals surface area (Å²) in [6, 6.07) is 14.0. The van der Waals surface area contributed by atoms with Gasteiger partial charge >= 0.3 is 0 Å². The van der Waals surface area contributed by atoms with Crippen LogP contribution in [0.5, 0.6) is 11.5 Å². The third-order valence-electron chi connectivity index (χ3n) is 5.72. The number of ether oxygens (including phenoxy) is 4. The van der Waals surface area contributed by atoms with Crippen LogP contribution in [0.1, 0.15) is 21.6 Å². The molecule has 0 bridgehead atoms. The number of hydrogen-bond donors (Lipinski definition) is 0. The van der Waals surface area contributed by atoms with Gasteiger partial charge in [-0.3, -0.25) is 4.79 Å². The molecule has 0 saturated heterocycles. The highest BCUT2D eigenvalue weighted by Gasteiger charge is 2.26. The molecule has 2 heterocycles. The Balaban J connectivity index is 1.63. The first-order valence-electron chi connectivity index (χ1n) is 11.4. The summed E-state index contributed by atoms with van der Waals surface area (Å²) in [5.74, 6) is 0.659. The molecule has 1 aliphatic heterocycles. The maximum absolute atomic E-state index is 13.4. The molecule has 0 fully saturated rings. The molecule has 0 spiro atoms. The number of fused-ring (bicyclic) bond motifs is 1. The second-order valence-corrected chi connectivity index (χ2v) is 10.1. The highest BCUT2D eigenvalue weighted by Crippen LogP contribution is 2.33. The quantitative estimate of drug-likeness (QED) is 0.362. The monoisotopic (exact) mass is 515 g/mol. The second kappa shape index (κ2) is 11.5. The third-order valence-corrected chi connectivity index (χ3v) is 7.32. The predicted octanol–water partition coefficient (Wildman–Crippen LogP) is 2.52. The molecule has 0 N–H and O–H groups in total. The van der Waals surface area contributed by atoms with Crippen LogP contribution >= 0.6 is 0 Å². The van der Waals surface area contributed by atoms with Crippen LogP contribution in [-0.2, 0) is 38.2 Å². The van der Waals surface area contributed by atoms with Gasteiger partial charge in [-0.25, -0.2) is 13.4 Å². The average Bonchev–Trinajstić information content (AvgIpc) is 3.51. The zero-order valence-corrected chi connectivity index (χ0v) is 21.1. The Morgan fingerprint density at radius 2 is 1.81 bits per heavy atom. The van der Waals surface area contributed by atoms with E-state index >= 15 is 0 Å². The number of amides is 1. The van der Waals surface area contributed by atoms with E-state index in [2.05, 4.69) is 4.98 Å². The SMILES string of the molecule is COCCN(Cc1cnc(S(=O)(=O)Cc2ccccc2)n1CCOC)C(=O)c1ccc2c(c1)OCO2. The normalized spacial score (nSPS) is 12.6. The molecule has 192 valence electrons. The number of aromatic nitrogens is 2. The minimum atomic E-state index is -3.75. The number of carbonyl (C=O) groups excluding carboxylic acids is 1. The minimum Gasteiger partial charge on any atom is -0.454 e. The predicted molar refractivity (Wildman–Crippen MR) is 131 cm³/mol. The van der Waals surface area contributed by atoms with Gasteiger partial charge < -0.3 is 28.4 Å². The molecule has 0 radical (unpaired) electrons. The van der Waals surface area contributed by atoms with Gasteiger partial charge in [-0.15, -0.1) is 0 Å². The molecule has 0 unspecified atom stereocenters. The summed E-state index contributed by atoms with van der Waals surface area (Å²) in [5, 5.41) is -0.0550. The van der Waals surface area contributed by atoms with Gasteiger partial charge in [-0.05, 0) is 23.8 Å². The van der Waals surface area contributed by atoms with E-state index in [1.54, 1.807) is 66.2 Å². The van der Waals surface area contributed by atoms with Crippen LogP contribution in [0, 0.1) is 0 Å². The van der Waals surface area contributed by atoms with E-state index in [4.69, 9.17) is 18.9 Å². The summed E-state index contributed by atoms with van der Waals surface area (Å²) in [6.45, 7) is 1.40. The minimum absolute atomic E-state index is 0.0550. The molecule has 0 saturated carbocycles. The Morgan fingerprint density at radius 1 is 1.06 bits per heavy atom. The number of sulfone groups is 1. The lowest BCUT2D eigenvalue weighted by Gasteiger charge is -2.23. The lowest BCUT2D eigenvalue weighted by Crippen LogP contribution is -2.34. The van der Waals surface area contributed by atoms with E-state index in [9.17, 15) is 13.2 Å². The number of benzene rings is 2. The van der Waals surface area contributed by atoms with Crippen molar-refractivity contribution >= 4 is 15.7 Å². The van der Waals surface area contributed by atoms with Crippen molar-refractivity contribution in [2.75, 3.05) is 40.8 Å². The van der Waals surface area contributed by atoms with Crippen molar-refractivity contribution in [3.8, 4) is 11.5 Å². The lowest BCUT2D eigenvalue weighted by atomic mass is 10.1. The van der Waals surface area contributed by atoms with Crippen LogP contribution in [0.15, 0.2) is 59.9 Å². The Hall–Kier alpha value is -3.41. The van der Waals surface area contributed by atoms with E-state index < -0.39 is 9.84 Å². The highest BCUT2D eigenvalue weighted by molar-refractivity contribution is 7.90. The molecule has 1 amide bonds. The largest absolute Gasteiger partial charge is 0.454 e. The van der Waals surface area contributed by atoms with E-state index in [1.807, 2.05) is 6.07 Å². The van der Waals surface area contributed by atoms with E-state index in [-0.39, 0.29) is 43.3 Å². The van der Waals surface area contributed by atoms with Gasteiger partial charge in [-0.1, -0.05) is 30.3 Å². The van der Waals surface area contributed by atoms with Gasteiger partial charge in [0.2, 0.25) is 21.8 Å². The van der Waals surface area contributed by atoms with Gasteiger partial charge in [-0.2, -0.15) is 0 Å². The number of methoxy groups -OCH3 is 2. The second-order valence-electron chi connectivity index (χ2n) is 8.21. The molecule has 36 heavy (non-hydrogen) atoms. The molecular weight excluding hydrogens is 486 g/mol. The molecule has 10 nitrogen and oxygen atoms in total. The van der Waals surface area contributed by atoms with Crippen molar-refractivity contribution < 1.29 is 32.2 Å². The fourth-order valence-electron chi connectivity index (χ4n) is 3.91. The number of rotatable bonds is 12.